The molecule has 0 radical (unpaired) electrons. The zero-order valence-electron chi connectivity index (χ0n) is 16.6. The molecule has 1 aromatic heterocycles. The second kappa shape index (κ2) is 7.57. The number of pyridine rings is 1. The Balaban J connectivity index is 1.87. The van der Waals surface area contributed by atoms with Crippen molar-refractivity contribution in [3.8, 4) is 5.88 Å². The summed E-state index contributed by atoms with van der Waals surface area (Å²) in [5.74, 6) is -0.573. The van der Waals surface area contributed by atoms with E-state index < -0.39 is 23.5 Å². The lowest BCUT2D eigenvalue weighted by atomic mass is 10.0. The number of methoxy groups -OCH3 is 1. The minimum absolute atomic E-state index is 0.0758. The number of ether oxygens (including phenoxy) is 1. The summed E-state index contributed by atoms with van der Waals surface area (Å²) in [5.41, 5.74) is 0.780. The van der Waals surface area contributed by atoms with Crippen LogP contribution < -0.4 is 14.5 Å². The molecule has 1 amide bonds. The number of aromatic nitrogens is 1. The summed E-state index contributed by atoms with van der Waals surface area (Å²) < 4.78 is 58.7. The fourth-order valence-corrected chi connectivity index (χ4v) is 3.52. The topological polar surface area (TPSA) is 45.7 Å². The molecule has 1 aliphatic rings. The number of carbonyl (C=O) groups excluding carboxylic acids is 1. The van der Waals surface area contributed by atoms with E-state index in [2.05, 4.69) is 4.98 Å². The molecule has 0 unspecified atom stereocenters. The van der Waals surface area contributed by atoms with E-state index in [1.165, 1.54) is 36.4 Å². The van der Waals surface area contributed by atoms with Crippen molar-refractivity contribution in [2.24, 2.45) is 0 Å². The first-order chi connectivity index (χ1) is 14.7. The van der Waals surface area contributed by atoms with Crippen molar-refractivity contribution in [2.75, 3.05) is 23.6 Å². The number of halogens is 4. The molecule has 0 aliphatic carbocycles. The third kappa shape index (κ3) is 3.78. The van der Waals surface area contributed by atoms with Crippen LogP contribution in [-0.4, -0.2) is 24.7 Å². The van der Waals surface area contributed by atoms with Crippen LogP contribution in [0.3, 0.4) is 0 Å². The fourth-order valence-electron chi connectivity index (χ4n) is 3.52. The van der Waals surface area contributed by atoms with E-state index in [4.69, 9.17) is 4.74 Å². The van der Waals surface area contributed by atoms with Gasteiger partial charge in [0.25, 0.3) is 5.91 Å². The molecular weight excluding hydrogens is 414 g/mol. The molecule has 1 aliphatic heterocycles. The Morgan fingerprint density at radius 1 is 1.00 bits per heavy atom. The summed E-state index contributed by atoms with van der Waals surface area (Å²) >= 11 is 0. The summed E-state index contributed by atoms with van der Waals surface area (Å²) in [6, 6.07) is 10.2. The van der Waals surface area contributed by atoms with Gasteiger partial charge in [0.2, 0.25) is 5.88 Å². The molecule has 0 atom stereocenters. The average Bonchev–Trinajstić information content (AvgIpc) is 2.74. The first-order valence-electron chi connectivity index (χ1n) is 9.26. The summed E-state index contributed by atoms with van der Waals surface area (Å²) in [7, 11) is 1.46. The van der Waals surface area contributed by atoms with Gasteiger partial charge in [0, 0.05) is 11.8 Å². The zero-order chi connectivity index (χ0) is 22.3. The van der Waals surface area contributed by atoms with Crippen LogP contribution in [0, 0.1) is 12.7 Å². The van der Waals surface area contributed by atoms with Gasteiger partial charge >= 0.3 is 6.18 Å². The van der Waals surface area contributed by atoms with E-state index in [0.717, 1.165) is 18.2 Å². The number of benzene rings is 2. The second-order valence-corrected chi connectivity index (χ2v) is 7.02. The Hall–Kier alpha value is -3.62. The maximum absolute atomic E-state index is 13.7. The number of hydrogen-bond donors (Lipinski definition) is 0. The molecule has 9 heteroatoms. The molecule has 3 aromatic rings. The number of rotatable bonds is 3. The Morgan fingerprint density at radius 2 is 1.77 bits per heavy atom. The number of anilines is 3. The zero-order valence-corrected chi connectivity index (χ0v) is 16.6. The number of carbonyl (C=O) groups is 1. The lowest BCUT2D eigenvalue weighted by Crippen LogP contribution is -2.45. The lowest BCUT2D eigenvalue weighted by molar-refractivity contribution is -0.137. The van der Waals surface area contributed by atoms with Crippen LogP contribution in [0.5, 0.6) is 5.88 Å². The Kier molecular flexibility index (Phi) is 5.04. The normalized spacial score (nSPS) is 13.9. The average molecular weight is 431 g/mol. The Labute approximate surface area is 175 Å². The predicted octanol–water partition coefficient (Wildman–Crippen LogP) is 5.31. The van der Waals surface area contributed by atoms with Gasteiger partial charge in [0.15, 0.2) is 0 Å². The van der Waals surface area contributed by atoms with Crippen molar-refractivity contribution in [1.82, 2.24) is 4.98 Å². The largest absolute Gasteiger partial charge is 0.481 e. The number of alkyl halides is 3. The van der Waals surface area contributed by atoms with Gasteiger partial charge in [-0.15, -0.1) is 0 Å². The highest BCUT2D eigenvalue weighted by atomic mass is 19.4. The van der Waals surface area contributed by atoms with Gasteiger partial charge in [-0.05, 0) is 55.0 Å². The third-order valence-corrected chi connectivity index (χ3v) is 5.07. The molecule has 0 spiro atoms. The van der Waals surface area contributed by atoms with E-state index in [0.29, 0.717) is 22.8 Å². The standard InChI is InChI=1S/C22H17F4N3O2/c1-13-9-15(23)4-7-18(13)29-12-28(16-5-8-20(31-2)27-11-16)21(30)17-6-3-14(10-19(17)29)22(24,25)26/h3-11H,12H2,1-2H3. The molecular formula is C22H17F4N3O2. The molecule has 0 N–H and O–H groups in total. The van der Waals surface area contributed by atoms with Crippen LogP contribution >= 0.6 is 0 Å². The molecule has 5 nitrogen and oxygen atoms in total. The van der Waals surface area contributed by atoms with E-state index >= 15 is 0 Å². The van der Waals surface area contributed by atoms with Crippen molar-refractivity contribution >= 4 is 23.0 Å². The van der Waals surface area contributed by atoms with E-state index in [9.17, 15) is 22.4 Å². The quantitative estimate of drug-likeness (QED) is 0.527. The van der Waals surface area contributed by atoms with E-state index in [1.54, 1.807) is 24.0 Å². The lowest BCUT2D eigenvalue weighted by Gasteiger charge is -2.39. The summed E-state index contributed by atoms with van der Waals surface area (Å²) in [5, 5.41) is 0. The predicted molar refractivity (Wildman–Crippen MR) is 107 cm³/mol. The van der Waals surface area contributed by atoms with Gasteiger partial charge < -0.3 is 9.64 Å². The molecule has 2 aromatic carbocycles. The summed E-state index contributed by atoms with van der Waals surface area (Å²) in [6.07, 6.45) is -3.12. The Bertz CT molecular complexity index is 1150. The number of aryl methyl sites for hydroxylation is 1. The maximum atomic E-state index is 13.7. The number of hydrogen-bond acceptors (Lipinski definition) is 4. The van der Waals surface area contributed by atoms with Gasteiger partial charge in [-0.3, -0.25) is 9.69 Å². The first kappa shape index (κ1) is 20.6. The second-order valence-electron chi connectivity index (χ2n) is 7.02. The van der Waals surface area contributed by atoms with Crippen LogP contribution in [0.15, 0.2) is 54.7 Å². The van der Waals surface area contributed by atoms with Gasteiger partial charge in [0.05, 0.1) is 35.8 Å². The number of nitrogens with zero attached hydrogens (tertiary/aromatic N) is 3. The van der Waals surface area contributed by atoms with Gasteiger partial charge in [-0.1, -0.05) is 0 Å². The van der Waals surface area contributed by atoms with Crippen molar-refractivity contribution in [2.45, 2.75) is 13.1 Å². The van der Waals surface area contributed by atoms with Crippen LogP contribution in [-0.2, 0) is 6.18 Å². The molecule has 31 heavy (non-hydrogen) atoms. The van der Waals surface area contributed by atoms with Crippen LogP contribution in [0.2, 0.25) is 0 Å². The third-order valence-electron chi connectivity index (χ3n) is 5.07. The van der Waals surface area contributed by atoms with Gasteiger partial charge in [0.1, 0.15) is 12.5 Å². The van der Waals surface area contributed by atoms with E-state index in [1.807, 2.05) is 0 Å². The van der Waals surface area contributed by atoms with Crippen molar-refractivity contribution < 1.29 is 27.1 Å². The van der Waals surface area contributed by atoms with Crippen LogP contribution in [0.1, 0.15) is 21.5 Å². The molecule has 0 fully saturated rings. The maximum Gasteiger partial charge on any atom is 0.416 e. The molecule has 4 rings (SSSR count). The van der Waals surface area contributed by atoms with E-state index in [-0.39, 0.29) is 17.9 Å². The summed E-state index contributed by atoms with van der Waals surface area (Å²) in [4.78, 5) is 20.2. The van der Waals surface area contributed by atoms with Crippen molar-refractivity contribution in [3.63, 3.8) is 0 Å². The minimum atomic E-state index is -4.57. The molecule has 0 saturated carbocycles. The highest BCUT2D eigenvalue weighted by Gasteiger charge is 2.36. The van der Waals surface area contributed by atoms with Gasteiger partial charge in [-0.2, -0.15) is 13.2 Å². The Morgan fingerprint density at radius 3 is 2.39 bits per heavy atom. The minimum Gasteiger partial charge on any atom is -0.481 e. The smallest absolute Gasteiger partial charge is 0.416 e. The molecule has 2 heterocycles. The van der Waals surface area contributed by atoms with Crippen molar-refractivity contribution in [1.29, 1.82) is 0 Å². The van der Waals surface area contributed by atoms with Crippen LogP contribution in [0.25, 0.3) is 0 Å². The fraction of sp³-hybridized carbons (Fsp3) is 0.182. The van der Waals surface area contributed by atoms with Crippen molar-refractivity contribution in [3.05, 3.63) is 77.2 Å². The van der Waals surface area contributed by atoms with Gasteiger partial charge in [-0.25, -0.2) is 9.37 Å². The highest BCUT2D eigenvalue weighted by molar-refractivity contribution is 6.12. The monoisotopic (exact) mass is 431 g/mol. The van der Waals surface area contributed by atoms with Crippen LogP contribution in [0.4, 0.5) is 34.6 Å². The molecule has 0 bridgehead atoms. The number of amides is 1. The summed E-state index contributed by atoms with van der Waals surface area (Å²) in [6.45, 7) is 1.58. The highest BCUT2D eigenvalue weighted by Crippen LogP contribution is 2.40. The first-order valence-corrected chi connectivity index (χ1v) is 9.26. The molecule has 160 valence electrons. The number of fused-ring (bicyclic) bond motifs is 1. The molecule has 0 saturated heterocycles. The SMILES string of the molecule is COc1ccc(N2CN(c3ccc(F)cc3C)c3cc(C(F)(F)F)ccc3C2=O)cn1.